The van der Waals surface area contributed by atoms with E-state index in [1.54, 1.807) is 11.3 Å². The number of carbonyl (C=O) groups is 1. The van der Waals surface area contributed by atoms with Gasteiger partial charge in [-0.15, -0.1) is 0 Å². The molecule has 0 saturated heterocycles. The van der Waals surface area contributed by atoms with Gasteiger partial charge in [-0.3, -0.25) is 4.79 Å². The van der Waals surface area contributed by atoms with Gasteiger partial charge in [-0.1, -0.05) is 53.8 Å². The minimum absolute atomic E-state index is 0.0299. The second-order valence-electron chi connectivity index (χ2n) is 6.31. The highest BCUT2D eigenvalue weighted by Gasteiger charge is 2.13. The molecule has 25 heavy (non-hydrogen) atoms. The molecule has 1 heterocycles. The van der Waals surface area contributed by atoms with Crippen LogP contribution in [0.15, 0.2) is 54.6 Å². The largest absolute Gasteiger partial charge is 0.352 e. The number of hydrogen-bond donors (Lipinski definition) is 1. The van der Waals surface area contributed by atoms with Crippen molar-refractivity contribution in [1.82, 2.24) is 10.3 Å². The lowest BCUT2D eigenvalue weighted by molar-refractivity contribution is -0.120. The third kappa shape index (κ3) is 4.79. The monoisotopic (exact) mass is 353 g/mol. The summed E-state index contributed by atoms with van der Waals surface area (Å²) in [6.07, 6.45) is 1.90. The molecule has 5 heteroatoms. The number of nitrogens with zero attached hydrogens (tertiary/aromatic N) is 2. The highest BCUT2D eigenvalue weighted by atomic mass is 32.1. The number of rotatable bonds is 7. The van der Waals surface area contributed by atoms with Crippen LogP contribution < -0.4 is 10.2 Å². The average molecular weight is 353 g/mol. The minimum atomic E-state index is 0.0299. The van der Waals surface area contributed by atoms with Gasteiger partial charge in [0.25, 0.3) is 0 Å². The minimum Gasteiger partial charge on any atom is -0.352 e. The number of anilines is 1. The molecule has 0 fully saturated rings. The maximum absolute atomic E-state index is 12.3. The lowest BCUT2D eigenvalue weighted by atomic mass is 10.1. The van der Waals surface area contributed by atoms with Gasteiger partial charge < -0.3 is 10.2 Å². The number of benzene rings is 2. The molecule has 130 valence electrons. The summed E-state index contributed by atoms with van der Waals surface area (Å²) >= 11 is 1.61. The zero-order valence-corrected chi connectivity index (χ0v) is 15.4. The van der Waals surface area contributed by atoms with Gasteiger partial charge in [-0.05, 0) is 37.5 Å². The topological polar surface area (TPSA) is 45.2 Å². The van der Waals surface area contributed by atoms with E-state index in [4.69, 9.17) is 0 Å². The van der Waals surface area contributed by atoms with Crippen LogP contribution in [0.5, 0.6) is 0 Å². The normalized spacial score (nSPS) is 12.1. The molecule has 4 nitrogen and oxygen atoms in total. The van der Waals surface area contributed by atoms with Gasteiger partial charge in [0.15, 0.2) is 5.13 Å². The molecule has 1 amide bonds. The Bertz CT molecular complexity index is 798. The van der Waals surface area contributed by atoms with Crippen LogP contribution in [0, 0.1) is 0 Å². The van der Waals surface area contributed by atoms with Gasteiger partial charge in [-0.2, -0.15) is 0 Å². The number of aromatic nitrogens is 1. The number of fused-ring (bicyclic) bond motifs is 1. The number of thiazole rings is 1. The molecule has 0 spiro atoms. The van der Waals surface area contributed by atoms with Crippen molar-refractivity contribution in [2.75, 3.05) is 18.5 Å². The summed E-state index contributed by atoms with van der Waals surface area (Å²) in [5.74, 6) is 0.0299. The summed E-state index contributed by atoms with van der Waals surface area (Å²) < 4.78 is 1.14. The van der Waals surface area contributed by atoms with Crippen LogP contribution >= 0.6 is 11.3 Å². The molecule has 0 bridgehead atoms. The van der Waals surface area contributed by atoms with Gasteiger partial charge in [0.2, 0.25) is 5.91 Å². The molecule has 0 unspecified atom stereocenters. The SMILES string of the molecule is C[C@H](CCc1ccccc1)NC(=O)CN(C)c1nc2ccccc2s1. The van der Waals surface area contributed by atoms with Crippen molar-refractivity contribution in [1.29, 1.82) is 0 Å². The zero-order chi connectivity index (χ0) is 17.6. The lowest BCUT2D eigenvalue weighted by Gasteiger charge is -2.18. The van der Waals surface area contributed by atoms with Crippen molar-refractivity contribution in [3.63, 3.8) is 0 Å². The van der Waals surface area contributed by atoms with Gasteiger partial charge >= 0.3 is 0 Å². The van der Waals surface area contributed by atoms with E-state index in [9.17, 15) is 4.79 Å². The van der Waals surface area contributed by atoms with Crippen LogP contribution in [0.2, 0.25) is 0 Å². The Labute approximate surface area is 152 Å². The fourth-order valence-electron chi connectivity index (χ4n) is 2.73. The summed E-state index contributed by atoms with van der Waals surface area (Å²) in [6, 6.07) is 18.5. The van der Waals surface area contributed by atoms with E-state index in [1.807, 2.05) is 48.3 Å². The van der Waals surface area contributed by atoms with E-state index in [1.165, 1.54) is 5.56 Å². The van der Waals surface area contributed by atoms with Crippen LogP contribution in [0.4, 0.5) is 5.13 Å². The van der Waals surface area contributed by atoms with Crippen molar-refractivity contribution in [3.05, 3.63) is 60.2 Å². The first-order valence-corrected chi connectivity index (χ1v) is 9.33. The molecule has 0 aliphatic rings. The molecule has 1 N–H and O–H groups in total. The third-order valence-corrected chi connectivity index (χ3v) is 5.26. The summed E-state index contributed by atoms with van der Waals surface area (Å²) in [4.78, 5) is 18.8. The number of para-hydroxylation sites is 1. The standard InChI is InChI=1S/C20H23N3OS/c1-15(12-13-16-8-4-3-5-9-16)21-19(24)14-23(2)20-22-17-10-6-7-11-18(17)25-20/h3-11,15H,12-14H2,1-2H3,(H,21,24)/t15-/m1/s1. The second kappa shape index (κ2) is 8.12. The van der Waals surface area contributed by atoms with E-state index < -0.39 is 0 Å². The number of amides is 1. The fourth-order valence-corrected chi connectivity index (χ4v) is 3.65. The predicted octanol–water partition coefficient (Wildman–Crippen LogP) is 3.87. The Morgan fingerprint density at radius 2 is 1.88 bits per heavy atom. The summed E-state index contributed by atoms with van der Waals surface area (Å²) in [5.41, 5.74) is 2.28. The van der Waals surface area contributed by atoms with Crippen LogP contribution in [-0.2, 0) is 11.2 Å². The zero-order valence-electron chi connectivity index (χ0n) is 14.6. The smallest absolute Gasteiger partial charge is 0.239 e. The Kier molecular flexibility index (Phi) is 5.66. The number of nitrogens with one attached hydrogen (secondary N) is 1. The molecule has 3 rings (SSSR count). The Morgan fingerprint density at radius 1 is 1.16 bits per heavy atom. The molecule has 1 atom stereocenters. The van der Waals surface area contributed by atoms with Crippen molar-refractivity contribution in [2.24, 2.45) is 0 Å². The number of aryl methyl sites for hydroxylation is 1. The van der Waals surface area contributed by atoms with Crippen molar-refractivity contribution in [3.8, 4) is 0 Å². The van der Waals surface area contributed by atoms with E-state index in [0.29, 0.717) is 6.54 Å². The Morgan fingerprint density at radius 3 is 2.64 bits per heavy atom. The summed E-state index contributed by atoms with van der Waals surface area (Å²) in [5, 5.41) is 3.95. The number of carbonyl (C=O) groups excluding carboxylic acids is 1. The van der Waals surface area contributed by atoms with E-state index in [0.717, 1.165) is 28.2 Å². The second-order valence-corrected chi connectivity index (χ2v) is 7.32. The molecule has 3 aromatic rings. The molecule has 0 saturated carbocycles. The first-order valence-electron chi connectivity index (χ1n) is 8.52. The maximum Gasteiger partial charge on any atom is 0.239 e. The van der Waals surface area contributed by atoms with Crippen LogP contribution in [0.3, 0.4) is 0 Å². The molecular weight excluding hydrogens is 330 g/mol. The molecular formula is C20H23N3OS. The quantitative estimate of drug-likeness (QED) is 0.701. The molecule has 1 aromatic heterocycles. The van der Waals surface area contributed by atoms with Crippen LogP contribution in [0.25, 0.3) is 10.2 Å². The van der Waals surface area contributed by atoms with E-state index in [-0.39, 0.29) is 11.9 Å². The van der Waals surface area contributed by atoms with Gasteiger partial charge in [0, 0.05) is 13.1 Å². The van der Waals surface area contributed by atoms with Gasteiger partial charge in [0.05, 0.1) is 16.8 Å². The molecule has 2 aromatic carbocycles. The first kappa shape index (κ1) is 17.4. The Balaban J connectivity index is 1.49. The van der Waals surface area contributed by atoms with Crippen molar-refractivity contribution in [2.45, 2.75) is 25.8 Å². The molecule has 0 aliphatic carbocycles. The number of likely N-dealkylation sites (N-methyl/N-ethyl adjacent to an activating group) is 1. The van der Waals surface area contributed by atoms with E-state index in [2.05, 4.69) is 35.4 Å². The summed E-state index contributed by atoms with van der Waals surface area (Å²) in [7, 11) is 1.91. The fraction of sp³-hybridized carbons (Fsp3) is 0.300. The van der Waals surface area contributed by atoms with Crippen LogP contribution in [0.1, 0.15) is 18.9 Å². The molecule has 0 aliphatic heterocycles. The predicted molar refractivity (Wildman–Crippen MR) is 105 cm³/mol. The highest BCUT2D eigenvalue weighted by Crippen LogP contribution is 2.27. The third-order valence-electron chi connectivity index (χ3n) is 4.11. The van der Waals surface area contributed by atoms with E-state index >= 15 is 0 Å². The average Bonchev–Trinajstić information content (AvgIpc) is 3.05. The maximum atomic E-state index is 12.3. The highest BCUT2D eigenvalue weighted by molar-refractivity contribution is 7.22. The first-order chi connectivity index (χ1) is 12.1. The summed E-state index contributed by atoms with van der Waals surface area (Å²) in [6.45, 7) is 2.37. The molecule has 0 radical (unpaired) electrons. The van der Waals surface area contributed by atoms with Gasteiger partial charge in [0.1, 0.15) is 0 Å². The van der Waals surface area contributed by atoms with Crippen molar-refractivity contribution < 1.29 is 4.79 Å². The van der Waals surface area contributed by atoms with Gasteiger partial charge in [-0.25, -0.2) is 4.98 Å². The number of hydrogen-bond acceptors (Lipinski definition) is 4. The van der Waals surface area contributed by atoms with Crippen molar-refractivity contribution >= 4 is 32.6 Å². The van der Waals surface area contributed by atoms with Crippen LogP contribution in [-0.4, -0.2) is 30.5 Å². The lowest BCUT2D eigenvalue weighted by Crippen LogP contribution is -2.40. The Hall–Kier alpha value is -2.40.